The monoisotopic (exact) mass is 295 g/mol. The molecule has 1 aromatic heterocycles. The smallest absolute Gasteiger partial charge is 0.329 e. The quantitative estimate of drug-likeness (QED) is 0.651. The lowest BCUT2D eigenvalue weighted by Gasteiger charge is -2.08. The first-order chi connectivity index (χ1) is 10.0. The molecule has 0 amide bonds. The molecule has 0 spiro atoms. The fraction of sp³-hybridized carbons (Fsp3) is 0.167. The molecule has 2 rings (SSSR count). The number of nitro groups is 1. The number of anilines is 3. The Bertz CT molecular complexity index is 681. The van der Waals surface area contributed by atoms with Crippen molar-refractivity contribution in [2.75, 3.05) is 17.2 Å². The molecular weight excluding hydrogens is 284 g/mol. The number of nitrogens with one attached hydrogen (secondary N) is 2. The molecule has 21 heavy (non-hydrogen) atoms. The van der Waals surface area contributed by atoms with Crippen LogP contribution in [0.15, 0.2) is 24.4 Å². The van der Waals surface area contributed by atoms with Crippen molar-refractivity contribution in [3.63, 3.8) is 0 Å². The Morgan fingerprint density at radius 2 is 2.10 bits per heavy atom. The van der Waals surface area contributed by atoms with E-state index in [1.807, 2.05) is 6.92 Å². The van der Waals surface area contributed by atoms with Crippen molar-refractivity contribution in [1.29, 1.82) is 0 Å². The van der Waals surface area contributed by atoms with Gasteiger partial charge in [0.15, 0.2) is 11.6 Å². The van der Waals surface area contributed by atoms with E-state index in [9.17, 15) is 18.9 Å². The zero-order valence-corrected chi connectivity index (χ0v) is 10.9. The minimum Gasteiger partial charge on any atom is -0.354 e. The molecule has 7 nitrogen and oxygen atoms in total. The molecule has 110 valence electrons. The molecule has 0 bridgehead atoms. The van der Waals surface area contributed by atoms with E-state index in [0.717, 1.165) is 18.3 Å². The highest BCUT2D eigenvalue weighted by Crippen LogP contribution is 2.26. The summed E-state index contributed by atoms with van der Waals surface area (Å²) < 4.78 is 26.0. The zero-order valence-electron chi connectivity index (χ0n) is 10.9. The van der Waals surface area contributed by atoms with Crippen LogP contribution in [0.25, 0.3) is 0 Å². The molecule has 0 fully saturated rings. The van der Waals surface area contributed by atoms with E-state index >= 15 is 0 Å². The van der Waals surface area contributed by atoms with Crippen LogP contribution in [0.1, 0.15) is 6.92 Å². The Labute approximate surface area is 118 Å². The average molecular weight is 295 g/mol. The largest absolute Gasteiger partial charge is 0.354 e. The molecule has 0 radical (unpaired) electrons. The number of halogens is 2. The van der Waals surface area contributed by atoms with Gasteiger partial charge in [-0.25, -0.2) is 13.8 Å². The predicted molar refractivity (Wildman–Crippen MR) is 72.5 cm³/mol. The van der Waals surface area contributed by atoms with Crippen LogP contribution < -0.4 is 10.6 Å². The van der Waals surface area contributed by atoms with Crippen LogP contribution in [-0.4, -0.2) is 21.4 Å². The Morgan fingerprint density at radius 3 is 2.71 bits per heavy atom. The van der Waals surface area contributed by atoms with Crippen molar-refractivity contribution in [1.82, 2.24) is 9.97 Å². The summed E-state index contributed by atoms with van der Waals surface area (Å²) in [5.41, 5.74) is -0.237. The number of aromatic nitrogens is 2. The van der Waals surface area contributed by atoms with Crippen LogP contribution in [-0.2, 0) is 0 Å². The van der Waals surface area contributed by atoms with Crippen LogP contribution in [0.2, 0.25) is 0 Å². The Balaban J connectivity index is 2.37. The van der Waals surface area contributed by atoms with Gasteiger partial charge in [0.25, 0.3) is 0 Å². The Morgan fingerprint density at radius 1 is 1.33 bits per heavy atom. The lowest BCUT2D eigenvalue weighted by Crippen LogP contribution is -2.06. The zero-order chi connectivity index (χ0) is 15.4. The average Bonchev–Trinajstić information content (AvgIpc) is 2.43. The second-order valence-electron chi connectivity index (χ2n) is 3.97. The topological polar surface area (TPSA) is 93.0 Å². The third-order valence-electron chi connectivity index (χ3n) is 2.48. The van der Waals surface area contributed by atoms with Crippen molar-refractivity contribution in [2.45, 2.75) is 6.92 Å². The van der Waals surface area contributed by atoms with Gasteiger partial charge in [0.05, 0.1) is 4.92 Å². The summed E-state index contributed by atoms with van der Waals surface area (Å²) in [5, 5.41) is 16.3. The van der Waals surface area contributed by atoms with Crippen molar-refractivity contribution < 1.29 is 13.7 Å². The SMILES string of the molecule is CCNc1ncc([N+](=O)[O-])c(Nc2ccc(F)c(F)c2)n1. The van der Waals surface area contributed by atoms with Crippen LogP contribution in [0.5, 0.6) is 0 Å². The molecule has 0 unspecified atom stereocenters. The van der Waals surface area contributed by atoms with Crippen LogP contribution in [0.3, 0.4) is 0 Å². The predicted octanol–water partition coefficient (Wildman–Crippen LogP) is 2.84. The maximum absolute atomic E-state index is 13.1. The number of benzene rings is 1. The summed E-state index contributed by atoms with van der Waals surface area (Å²) in [6.45, 7) is 2.34. The summed E-state index contributed by atoms with van der Waals surface area (Å²) in [4.78, 5) is 18.0. The van der Waals surface area contributed by atoms with E-state index in [1.165, 1.54) is 6.07 Å². The molecular formula is C12H11F2N5O2. The summed E-state index contributed by atoms with van der Waals surface area (Å²) >= 11 is 0. The first-order valence-electron chi connectivity index (χ1n) is 5.98. The Kier molecular flexibility index (Phi) is 4.21. The van der Waals surface area contributed by atoms with Crippen molar-refractivity contribution >= 4 is 23.1 Å². The first kappa shape index (κ1) is 14.6. The van der Waals surface area contributed by atoms with Gasteiger partial charge in [0.2, 0.25) is 11.8 Å². The third kappa shape index (κ3) is 3.38. The van der Waals surface area contributed by atoms with Gasteiger partial charge in [-0.2, -0.15) is 4.98 Å². The van der Waals surface area contributed by atoms with Gasteiger partial charge in [0.1, 0.15) is 6.20 Å². The van der Waals surface area contributed by atoms with Gasteiger partial charge in [0, 0.05) is 18.3 Å². The van der Waals surface area contributed by atoms with E-state index in [-0.39, 0.29) is 23.1 Å². The lowest BCUT2D eigenvalue weighted by atomic mass is 10.3. The van der Waals surface area contributed by atoms with Crippen LogP contribution in [0.4, 0.5) is 31.9 Å². The second kappa shape index (κ2) is 6.07. The van der Waals surface area contributed by atoms with Crippen LogP contribution >= 0.6 is 0 Å². The molecule has 0 aliphatic heterocycles. The highest BCUT2D eigenvalue weighted by atomic mass is 19.2. The standard InChI is InChI=1S/C12H11F2N5O2/c1-2-15-12-16-6-10(19(20)21)11(18-12)17-7-3-4-8(13)9(14)5-7/h3-6H,2H2,1H3,(H2,15,16,17,18). The van der Waals surface area contributed by atoms with Gasteiger partial charge in [-0.05, 0) is 19.1 Å². The van der Waals surface area contributed by atoms with Gasteiger partial charge in [-0.3, -0.25) is 10.1 Å². The maximum Gasteiger partial charge on any atom is 0.329 e. The van der Waals surface area contributed by atoms with Crippen molar-refractivity contribution in [2.24, 2.45) is 0 Å². The summed E-state index contributed by atoms with van der Waals surface area (Å²) in [7, 11) is 0. The second-order valence-corrected chi connectivity index (χ2v) is 3.97. The van der Waals surface area contributed by atoms with Gasteiger partial charge >= 0.3 is 5.69 Å². The molecule has 1 heterocycles. The molecule has 0 saturated carbocycles. The number of hydrogen-bond acceptors (Lipinski definition) is 6. The molecule has 0 atom stereocenters. The Hall–Kier alpha value is -2.84. The molecule has 1 aromatic carbocycles. The molecule has 0 saturated heterocycles. The fourth-order valence-electron chi connectivity index (χ4n) is 1.55. The lowest BCUT2D eigenvalue weighted by molar-refractivity contribution is -0.384. The van der Waals surface area contributed by atoms with Gasteiger partial charge in [-0.15, -0.1) is 0 Å². The maximum atomic E-state index is 13.1. The highest BCUT2D eigenvalue weighted by Gasteiger charge is 2.18. The number of rotatable bonds is 5. The molecule has 2 aromatic rings. The van der Waals surface area contributed by atoms with E-state index in [1.54, 1.807) is 0 Å². The summed E-state index contributed by atoms with van der Waals surface area (Å²) in [5.74, 6) is -2.00. The van der Waals surface area contributed by atoms with Gasteiger partial charge < -0.3 is 10.6 Å². The van der Waals surface area contributed by atoms with E-state index < -0.39 is 16.6 Å². The highest BCUT2D eigenvalue weighted by molar-refractivity contribution is 5.66. The molecule has 2 N–H and O–H groups in total. The molecule has 0 aliphatic rings. The summed E-state index contributed by atoms with van der Waals surface area (Å²) in [6, 6.07) is 3.04. The molecule has 9 heteroatoms. The van der Waals surface area contributed by atoms with Crippen molar-refractivity contribution in [3.05, 3.63) is 46.1 Å². The minimum absolute atomic E-state index is 0.114. The summed E-state index contributed by atoms with van der Waals surface area (Å²) in [6.07, 6.45) is 1.03. The minimum atomic E-state index is -1.07. The van der Waals surface area contributed by atoms with Crippen molar-refractivity contribution in [3.8, 4) is 0 Å². The third-order valence-corrected chi connectivity index (χ3v) is 2.48. The fourth-order valence-corrected chi connectivity index (χ4v) is 1.55. The first-order valence-corrected chi connectivity index (χ1v) is 5.98. The van der Waals surface area contributed by atoms with Crippen LogP contribution in [0, 0.1) is 21.7 Å². The van der Waals surface area contributed by atoms with Gasteiger partial charge in [-0.1, -0.05) is 0 Å². The van der Waals surface area contributed by atoms with E-state index in [2.05, 4.69) is 20.6 Å². The van der Waals surface area contributed by atoms with E-state index in [0.29, 0.717) is 6.54 Å². The van der Waals surface area contributed by atoms with E-state index in [4.69, 9.17) is 0 Å². The molecule has 0 aliphatic carbocycles. The number of hydrogen-bond donors (Lipinski definition) is 2. The number of nitrogens with zero attached hydrogens (tertiary/aromatic N) is 3. The normalized spacial score (nSPS) is 10.2.